The fourth-order valence-corrected chi connectivity index (χ4v) is 1.41. The average molecular weight is 237 g/mol. The molecule has 3 nitrogen and oxygen atoms in total. The Morgan fingerprint density at radius 3 is 1.92 bits per heavy atom. The molecule has 82 valence electrons. The molecule has 0 heterocycles. The number of carbonyl (C=O) groups is 1. The molecule has 0 aromatic rings. The first-order valence-electron chi connectivity index (χ1n) is 4.54. The molecule has 0 aromatic carbocycles. The monoisotopic (exact) mass is 236 g/mol. The van der Waals surface area contributed by atoms with Crippen LogP contribution in [-0.2, 0) is 20.8 Å². The van der Waals surface area contributed by atoms with Crippen LogP contribution < -0.4 is 0 Å². The van der Waals surface area contributed by atoms with Crippen LogP contribution in [0.5, 0.6) is 0 Å². The van der Waals surface area contributed by atoms with Gasteiger partial charge in [0.1, 0.15) is 6.10 Å². The second-order valence-corrected chi connectivity index (χ2v) is 3.96. The molecule has 0 radical (unpaired) electrons. The molecule has 1 fully saturated rings. The van der Waals surface area contributed by atoms with E-state index in [1.54, 1.807) is 0 Å². The van der Waals surface area contributed by atoms with Gasteiger partial charge in [0.15, 0.2) is 0 Å². The molecule has 0 spiro atoms. The zero-order valence-corrected chi connectivity index (χ0v) is 8.74. The van der Waals surface area contributed by atoms with E-state index >= 15 is 0 Å². The van der Waals surface area contributed by atoms with Gasteiger partial charge in [0, 0.05) is 0 Å². The zero-order chi connectivity index (χ0) is 10.3. The average Bonchev–Trinajstić information content (AvgIpc) is 2.06. The van der Waals surface area contributed by atoms with Crippen LogP contribution in [0.15, 0.2) is 0 Å². The van der Waals surface area contributed by atoms with Gasteiger partial charge < -0.3 is 10.2 Å². The molecular formula is C9H17CuO3. The predicted octanol–water partition coefficient (Wildman–Crippen LogP) is 1.74. The summed E-state index contributed by atoms with van der Waals surface area (Å²) in [7, 11) is 0. The van der Waals surface area contributed by atoms with Gasteiger partial charge in [-0.3, -0.25) is 0 Å². The Labute approximate surface area is 87.3 Å². The summed E-state index contributed by atoms with van der Waals surface area (Å²) in [6, 6.07) is 0. The SMILES string of the molecule is CC(O)C(=O)O.[Cu][CH]1CCCCC1. The first-order chi connectivity index (χ1) is 6.04. The summed E-state index contributed by atoms with van der Waals surface area (Å²) < 4.78 is 0. The second-order valence-electron chi connectivity index (χ2n) is 3.19. The van der Waals surface area contributed by atoms with Crippen LogP contribution >= 0.6 is 0 Å². The van der Waals surface area contributed by atoms with Crippen molar-refractivity contribution >= 4 is 5.97 Å². The number of carboxylic acids is 1. The molecule has 1 aliphatic rings. The minimum absolute atomic E-state index is 0.598. The van der Waals surface area contributed by atoms with Crippen LogP contribution in [0.1, 0.15) is 39.0 Å². The summed E-state index contributed by atoms with van der Waals surface area (Å²) in [4.78, 5) is 10.0. The van der Waals surface area contributed by atoms with Crippen molar-refractivity contribution in [2.45, 2.75) is 49.9 Å². The fraction of sp³-hybridized carbons (Fsp3) is 0.889. The van der Waals surface area contributed by atoms with E-state index in [1.165, 1.54) is 39.0 Å². The molecule has 1 saturated carbocycles. The summed E-state index contributed by atoms with van der Waals surface area (Å²) >= 11 is 5.23. The molecule has 4 heteroatoms. The number of hydrogen-bond acceptors (Lipinski definition) is 2. The van der Waals surface area contributed by atoms with Crippen molar-refractivity contribution < 1.29 is 31.0 Å². The van der Waals surface area contributed by atoms with E-state index < -0.39 is 12.1 Å². The van der Waals surface area contributed by atoms with Gasteiger partial charge in [-0.1, -0.05) is 0 Å². The molecule has 0 saturated heterocycles. The summed E-state index contributed by atoms with van der Waals surface area (Å²) in [5.41, 5.74) is 0. The van der Waals surface area contributed by atoms with Gasteiger partial charge in [0.2, 0.25) is 0 Å². The molecule has 0 bridgehead atoms. The van der Waals surface area contributed by atoms with Crippen LogP contribution in [-0.4, -0.2) is 22.3 Å². The number of aliphatic hydroxyl groups excluding tert-OH is 1. The van der Waals surface area contributed by atoms with Gasteiger partial charge >= 0.3 is 58.9 Å². The van der Waals surface area contributed by atoms with Gasteiger partial charge in [-0.05, 0) is 6.92 Å². The number of carboxylic acid groups (broad SMARTS) is 1. The third-order valence-electron chi connectivity index (χ3n) is 1.85. The topological polar surface area (TPSA) is 57.5 Å². The maximum absolute atomic E-state index is 9.45. The second kappa shape index (κ2) is 7.36. The van der Waals surface area contributed by atoms with Gasteiger partial charge in [-0.2, -0.15) is 0 Å². The number of hydrogen-bond donors (Lipinski definition) is 2. The van der Waals surface area contributed by atoms with Gasteiger partial charge in [-0.25, -0.2) is 4.79 Å². The van der Waals surface area contributed by atoms with Crippen LogP contribution in [0.2, 0.25) is 4.82 Å². The number of aliphatic hydroxyl groups is 1. The summed E-state index contributed by atoms with van der Waals surface area (Å²) in [6.07, 6.45) is 5.53. The fourth-order valence-electron chi connectivity index (χ4n) is 1.02. The number of aliphatic carboxylic acids is 1. The van der Waals surface area contributed by atoms with Crippen molar-refractivity contribution in [1.29, 1.82) is 0 Å². The van der Waals surface area contributed by atoms with Crippen LogP contribution in [0.3, 0.4) is 0 Å². The third-order valence-corrected chi connectivity index (χ3v) is 2.39. The summed E-state index contributed by atoms with van der Waals surface area (Å²) in [5.74, 6) is -1.19. The van der Waals surface area contributed by atoms with E-state index in [-0.39, 0.29) is 0 Å². The quantitative estimate of drug-likeness (QED) is 0.682. The zero-order valence-electron chi connectivity index (χ0n) is 7.79. The first kappa shape index (κ1) is 12.9. The Morgan fingerprint density at radius 2 is 1.77 bits per heavy atom. The molecule has 1 aliphatic carbocycles. The molecule has 0 aliphatic heterocycles. The molecule has 2 N–H and O–H groups in total. The Bertz CT molecular complexity index is 142. The van der Waals surface area contributed by atoms with Gasteiger partial charge in [-0.15, -0.1) is 0 Å². The van der Waals surface area contributed by atoms with Crippen LogP contribution in [0.4, 0.5) is 0 Å². The van der Waals surface area contributed by atoms with Crippen molar-refractivity contribution in [3.63, 3.8) is 0 Å². The van der Waals surface area contributed by atoms with Gasteiger partial charge in [0.25, 0.3) is 0 Å². The summed E-state index contributed by atoms with van der Waals surface area (Å²) in [5, 5.41) is 15.8. The minimum atomic E-state index is -1.23. The van der Waals surface area contributed by atoms with E-state index in [9.17, 15) is 4.79 Å². The first-order valence-corrected chi connectivity index (χ1v) is 5.09. The Hall–Kier alpha value is -0.0505. The van der Waals surface area contributed by atoms with Gasteiger partial charge in [0.05, 0.1) is 0 Å². The van der Waals surface area contributed by atoms with Crippen molar-refractivity contribution in [3.05, 3.63) is 0 Å². The van der Waals surface area contributed by atoms with E-state index in [0.29, 0.717) is 4.82 Å². The maximum atomic E-state index is 9.45. The van der Waals surface area contributed by atoms with E-state index in [2.05, 4.69) is 0 Å². The normalized spacial score (nSPS) is 20.0. The van der Waals surface area contributed by atoms with Crippen molar-refractivity contribution in [2.75, 3.05) is 0 Å². The molecule has 1 unspecified atom stereocenters. The van der Waals surface area contributed by atoms with Crippen molar-refractivity contribution in [2.24, 2.45) is 0 Å². The molecule has 1 atom stereocenters. The Kier molecular flexibility index (Phi) is 7.33. The summed E-state index contributed by atoms with van der Waals surface area (Å²) in [6.45, 7) is 1.20. The van der Waals surface area contributed by atoms with E-state index in [1.807, 2.05) is 0 Å². The molecule has 13 heavy (non-hydrogen) atoms. The van der Waals surface area contributed by atoms with E-state index in [4.69, 9.17) is 26.2 Å². The molecule has 1 rings (SSSR count). The third kappa shape index (κ3) is 8.28. The Balaban J connectivity index is 0.000000226. The van der Waals surface area contributed by atoms with E-state index in [0.717, 1.165) is 0 Å². The van der Waals surface area contributed by atoms with Crippen LogP contribution in [0.25, 0.3) is 0 Å². The van der Waals surface area contributed by atoms with Crippen molar-refractivity contribution in [3.8, 4) is 0 Å². The standard InChI is InChI=1S/C6H11.C3H6O3.Cu/c1-2-4-6-5-3-1;1-2(4)3(5)6;/h1H,2-6H2;2,4H,1H3,(H,5,6);. The molecular weight excluding hydrogens is 220 g/mol. The van der Waals surface area contributed by atoms with Crippen molar-refractivity contribution in [1.82, 2.24) is 0 Å². The molecule has 0 amide bonds. The van der Waals surface area contributed by atoms with Crippen LogP contribution in [0, 0.1) is 0 Å². The Morgan fingerprint density at radius 1 is 1.38 bits per heavy atom. The molecule has 0 aromatic heterocycles. The predicted molar refractivity (Wildman–Crippen MR) is 46.2 cm³/mol. The number of rotatable bonds is 1.